The average Bonchev–Trinajstić information content (AvgIpc) is 3.31. The molecule has 32 heavy (non-hydrogen) atoms. The molecule has 2 amide bonds. The number of carbonyl (C=O) groups is 2. The van der Waals surface area contributed by atoms with Crippen LogP contribution in [-0.4, -0.2) is 24.5 Å². The molecule has 2 heterocycles. The number of benzene rings is 3. The van der Waals surface area contributed by atoms with Gasteiger partial charge in [-0.15, -0.1) is 0 Å². The van der Waals surface area contributed by atoms with Gasteiger partial charge in [0.05, 0.1) is 24.0 Å². The third-order valence-electron chi connectivity index (χ3n) is 5.72. The maximum atomic E-state index is 13.7. The van der Waals surface area contributed by atoms with E-state index in [0.29, 0.717) is 18.0 Å². The number of ether oxygens (including phenoxy) is 1. The standard InChI is InChI=1S/C25H21BrN2O4/c1-2-31-20-14-7-6-13-19(20)27-24(29)21-22(16-9-8-10-17(26)15-16)28(32-23(21)25(27)30)18-11-4-3-5-12-18/h3-15,21-23H,2H2,1H3. The minimum atomic E-state index is -0.915. The lowest BCUT2D eigenvalue weighted by Gasteiger charge is -2.29. The zero-order valence-corrected chi connectivity index (χ0v) is 18.9. The normalized spacial score (nSPS) is 22.4. The second-order valence-corrected chi connectivity index (χ2v) is 8.54. The van der Waals surface area contributed by atoms with Gasteiger partial charge >= 0.3 is 0 Å². The molecule has 3 atom stereocenters. The number of hydroxylamine groups is 1. The van der Waals surface area contributed by atoms with Crippen LogP contribution in [-0.2, 0) is 14.4 Å². The summed E-state index contributed by atoms with van der Waals surface area (Å²) >= 11 is 3.52. The molecule has 2 aliphatic rings. The summed E-state index contributed by atoms with van der Waals surface area (Å²) < 4.78 is 6.57. The minimum Gasteiger partial charge on any atom is -0.492 e. The predicted molar refractivity (Wildman–Crippen MR) is 124 cm³/mol. The number of fused-ring (bicyclic) bond motifs is 1. The molecule has 0 saturated carbocycles. The number of hydrogen-bond acceptors (Lipinski definition) is 5. The van der Waals surface area contributed by atoms with E-state index in [0.717, 1.165) is 15.7 Å². The number of hydrogen-bond donors (Lipinski definition) is 0. The molecular formula is C25H21BrN2O4. The lowest BCUT2D eigenvalue weighted by molar-refractivity contribution is -0.126. The molecule has 3 aromatic carbocycles. The highest BCUT2D eigenvalue weighted by Gasteiger charge is 2.60. The Morgan fingerprint density at radius 3 is 2.44 bits per heavy atom. The Morgan fingerprint density at radius 2 is 1.69 bits per heavy atom. The van der Waals surface area contributed by atoms with E-state index in [4.69, 9.17) is 9.57 Å². The average molecular weight is 493 g/mol. The first-order valence-electron chi connectivity index (χ1n) is 10.5. The highest BCUT2D eigenvalue weighted by molar-refractivity contribution is 9.10. The SMILES string of the molecule is CCOc1ccccc1N1C(=O)C2ON(c3ccccc3)C(c3cccc(Br)c3)C2C1=O. The quantitative estimate of drug-likeness (QED) is 0.474. The van der Waals surface area contributed by atoms with Crippen LogP contribution >= 0.6 is 15.9 Å². The molecule has 0 bridgehead atoms. The highest BCUT2D eigenvalue weighted by Crippen LogP contribution is 2.48. The molecule has 0 aromatic heterocycles. The molecule has 0 spiro atoms. The van der Waals surface area contributed by atoms with Gasteiger partial charge in [0.25, 0.3) is 5.91 Å². The number of para-hydroxylation sites is 3. The van der Waals surface area contributed by atoms with Crippen molar-refractivity contribution in [2.45, 2.75) is 19.1 Å². The maximum absolute atomic E-state index is 13.7. The number of anilines is 2. The van der Waals surface area contributed by atoms with Crippen LogP contribution in [0.15, 0.2) is 83.3 Å². The summed E-state index contributed by atoms with van der Waals surface area (Å²) in [6.45, 7) is 2.29. The van der Waals surface area contributed by atoms with Gasteiger partial charge in [0, 0.05) is 4.47 Å². The van der Waals surface area contributed by atoms with Crippen molar-refractivity contribution in [1.82, 2.24) is 0 Å². The van der Waals surface area contributed by atoms with Crippen molar-refractivity contribution < 1.29 is 19.2 Å². The number of rotatable bonds is 5. The van der Waals surface area contributed by atoms with E-state index >= 15 is 0 Å². The maximum Gasteiger partial charge on any atom is 0.266 e. The topological polar surface area (TPSA) is 59.1 Å². The van der Waals surface area contributed by atoms with Crippen molar-refractivity contribution in [3.63, 3.8) is 0 Å². The lowest BCUT2D eigenvalue weighted by atomic mass is 9.90. The van der Waals surface area contributed by atoms with Gasteiger partial charge in [-0.2, -0.15) is 0 Å². The minimum absolute atomic E-state index is 0.296. The van der Waals surface area contributed by atoms with E-state index in [1.165, 1.54) is 4.90 Å². The Bertz CT molecular complexity index is 1170. The van der Waals surface area contributed by atoms with Crippen molar-refractivity contribution in [2.24, 2.45) is 5.92 Å². The van der Waals surface area contributed by atoms with Crippen molar-refractivity contribution in [1.29, 1.82) is 0 Å². The number of carbonyl (C=O) groups excluding carboxylic acids is 2. The van der Waals surface area contributed by atoms with Gasteiger partial charge in [-0.25, -0.2) is 9.96 Å². The van der Waals surface area contributed by atoms with Crippen molar-refractivity contribution in [3.8, 4) is 5.75 Å². The largest absolute Gasteiger partial charge is 0.492 e. The highest BCUT2D eigenvalue weighted by atomic mass is 79.9. The monoisotopic (exact) mass is 492 g/mol. The fourth-order valence-electron chi connectivity index (χ4n) is 4.40. The Morgan fingerprint density at radius 1 is 0.938 bits per heavy atom. The third-order valence-corrected chi connectivity index (χ3v) is 6.22. The summed E-state index contributed by atoms with van der Waals surface area (Å²) in [5.74, 6) is -0.872. The van der Waals surface area contributed by atoms with Crippen LogP contribution in [0.1, 0.15) is 18.5 Å². The Labute approximate surface area is 194 Å². The summed E-state index contributed by atoms with van der Waals surface area (Å²) in [7, 11) is 0. The molecular weight excluding hydrogens is 472 g/mol. The van der Waals surface area contributed by atoms with Crippen molar-refractivity contribution in [2.75, 3.05) is 16.6 Å². The van der Waals surface area contributed by atoms with E-state index in [1.807, 2.05) is 67.6 Å². The molecule has 0 radical (unpaired) electrons. The van der Waals surface area contributed by atoms with Crippen LogP contribution in [0, 0.1) is 5.92 Å². The second kappa shape index (κ2) is 8.41. The van der Waals surface area contributed by atoms with Crippen LogP contribution in [0.2, 0.25) is 0 Å². The molecule has 2 aliphatic heterocycles. The van der Waals surface area contributed by atoms with Gasteiger partial charge in [0.2, 0.25) is 5.91 Å². The van der Waals surface area contributed by atoms with E-state index < -0.39 is 18.1 Å². The van der Waals surface area contributed by atoms with Crippen LogP contribution in [0.5, 0.6) is 5.75 Å². The third kappa shape index (κ3) is 3.38. The van der Waals surface area contributed by atoms with Crippen LogP contribution < -0.4 is 14.7 Å². The van der Waals surface area contributed by atoms with Gasteiger partial charge in [0.15, 0.2) is 6.10 Å². The second-order valence-electron chi connectivity index (χ2n) is 7.63. The van der Waals surface area contributed by atoms with E-state index in [2.05, 4.69) is 15.9 Å². The predicted octanol–water partition coefficient (Wildman–Crippen LogP) is 4.90. The van der Waals surface area contributed by atoms with E-state index in [9.17, 15) is 9.59 Å². The Kier molecular flexibility index (Phi) is 5.45. The number of halogens is 1. The first-order chi connectivity index (χ1) is 15.6. The number of nitrogens with zero attached hydrogens (tertiary/aromatic N) is 2. The van der Waals surface area contributed by atoms with Crippen LogP contribution in [0.25, 0.3) is 0 Å². The molecule has 3 aromatic rings. The summed E-state index contributed by atoms with van der Waals surface area (Å²) in [6, 6.07) is 23.9. The van der Waals surface area contributed by atoms with Gasteiger partial charge in [-0.1, -0.05) is 58.4 Å². The van der Waals surface area contributed by atoms with Gasteiger partial charge in [-0.05, 0) is 48.9 Å². The Hall–Kier alpha value is -3.16. The van der Waals surface area contributed by atoms with E-state index in [-0.39, 0.29) is 11.8 Å². The first kappa shape index (κ1) is 20.7. The molecule has 0 N–H and O–H groups in total. The zero-order chi connectivity index (χ0) is 22.2. The molecule has 2 fully saturated rings. The number of amides is 2. The van der Waals surface area contributed by atoms with Gasteiger partial charge in [-0.3, -0.25) is 14.4 Å². The molecule has 7 heteroatoms. The van der Waals surface area contributed by atoms with Gasteiger partial charge in [0.1, 0.15) is 11.7 Å². The van der Waals surface area contributed by atoms with E-state index in [1.54, 1.807) is 23.3 Å². The number of imide groups is 1. The lowest BCUT2D eigenvalue weighted by Crippen LogP contribution is -2.37. The molecule has 162 valence electrons. The summed E-state index contributed by atoms with van der Waals surface area (Å²) in [5.41, 5.74) is 2.12. The fourth-order valence-corrected chi connectivity index (χ4v) is 4.82. The molecule has 3 unspecified atom stereocenters. The summed E-state index contributed by atoms with van der Waals surface area (Å²) in [4.78, 5) is 34.6. The van der Waals surface area contributed by atoms with Crippen LogP contribution in [0.3, 0.4) is 0 Å². The summed E-state index contributed by atoms with van der Waals surface area (Å²) in [5, 5.41) is 1.69. The Balaban J connectivity index is 1.59. The smallest absolute Gasteiger partial charge is 0.266 e. The molecule has 0 aliphatic carbocycles. The summed E-state index contributed by atoms with van der Waals surface area (Å²) in [6.07, 6.45) is -0.915. The fraction of sp³-hybridized carbons (Fsp3) is 0.200. The first-order valence-corrected chi connectivity index (χ1v) is 11.3. The molecule has 6 nitrogen and oxygen atoms in total. The van der Waals surface area contributed by atoms with Gasteiger partial charge < -0.3 is 4.74 Å². The zero-order valence-electron chi connectivity index (χ0n) is 17.4. The van der Waals surface area contributed by atoms with Crippen molar-refractivity contribution >= 4 is 39.1 Å². The van der Waals surface area contributed by atoms with Crippen molar-refractivity contribution in [3.05, 3.63) is 88.9 Å². The molecule has 2 saturated heterocycles. The van der Waals surface area contributed by atoms with Crippen LogP contribution in [0.4, 0.5) is 11.4 Å². The molecule has 5 rings (SSSR count).